The fourth-order valence-electron chi connectivity index (χ4n) is 2.08. The van der Waals surface area contributed by atoms with Crippen LogP contribution in [0.3, 0.4) is 0 Å². The van der Waals surface area contributed by atoms with E-state index < -0.39 is 17.7 Å². The molecule has 4 heteroatoms. The molecule has 2 rings (SSSR count). The first kappa shape index (κ1) is 11.3. The molecule has 2 atom stereocenters. The number of hydrogen-bond donors (Lipinski definition) is 2. The van der Waals surface area contributed by atoms with Crippen LogP contribution in [-0.2, 0) is 0 Å². The van der Waals surface area contributed by atoms with Crippen LogP contribution in [0.15, 0.2) is 12.1 Å². The highest BCUT2D eigenvalue weighted by Gasteiger charge is 2.26. The van der Waals surface area contributed by atoms with Crippen molar-refractivity contribution < 1.29 is 13.9 Å². The van der Waals surface area contributed by atoms with E-state index in [1.54, 1.807) is 6.92 Å². The third-order valence-electron chi connectivity index (χ3n) is 3.09. The summed E-state index contributed by atoms with van der Waals surface area (Å²) in [5, 5.41) is 12.4. The molecule has 16 heavy (non-hydrogen) atoms. The summed E-state index contributed by atoms with van der Waals surface area (Å²) in [6, 6.07) is 2.40. The third kappa shape index (κ3) is 2.02. The average Bonchev–Trinajstić information content (AvgIpc) is 2.65. The summed E-state index contributed by atoms with van der Waals surface area (Å²) in [5.74, 6) is -1.18. The molecule has 0 aromatic heterocycles. The first-order chi connectivity index (χ1) is 7.59. The molecule has 0 saturated heterocycles. The van der Waals surface area contributed by atoms with E-state index in [1.165, 1.54) is 12.1 Å². The maximum absolute atomic E-state index is 13.7. The number of rotatable bonds is 2. The number of aryl methyl sites for hydroxylation is 1. The molecule has 0 amide bonds. The molecule has 2 nitrogen and oxygen atoms in total. The summed E-state index contributed by atoms with van der Waals surface area (Å²) in [7, 11) is 0. The van der Waals surface area contributed by atoms with Crippen LogP contribution < -0.4 is 5.32 Å². The molecule has 0 aliphatic heterocycles. The van der Waals surface area contributed by atoms with Gasteiger partial charge in [-0.1, -0.05) is 6.07 Å². The highest BCUT2D eigenvalue weighted by Crippen LogP contribution is 2.27. The van der Waals surface area contributed by atoms with Crippen molar-refractivity contribution in [3.63, 3.8) is 0 Å². The van der Waals surface area contributed by atoms with E-state index in [0.29, 0.717) is 12.0 Å². The summed E-state index contributed by atoms with van der Waals surface area (Å²) < 4.78 is 27.1. The van der Waals surface area contributed by atoms with Crippen molar-refractivity contribution in [3.8, 4) is 0 Å². The Morgan fingerprint density at radius 3 is 2.69 bits per heavy atom. The fourth-order valence-corrected chi connectivity index (χ4v) is 2.08. The number of hydrogen-bond acceptors (Lipinski definition) is 2. The molecule has 1 aliphatic rings. The van der Waals surface area contributed by atoms with Crippen molar-refractivity contribution in [1.29, 1.82) is 0 Å². The Balaban J connectivity index is 2.23. The Morgan fingerprint density at radius 1 is 1.31 bits per heavy atom. The molecule has 2 N–H and O–H groups in total. The van der Waals surface area contributed by atoms with Gasteiger partial charge in [0.25, 0.3) is 0 Å². The molecule has 0 bridgehead atoms. The predicted octanol–water partition coefficient (Wildman–Crippen LogP) is 2.60. The molecule has 1 aliphatic carbocycles. The minimum Gasteiger partial charge on any atom is -0.391 e. The van der Waals surface area contributed by atoms with Gasteiger partial charge in [0.15, 0.2) is 5.82 Å². The molecule has 0 heterocycles. The minimum absolute atomic E-state index is 0.119. The van der Waals surface area contributed by atoms with Gasteiger partial charge >= 0.3 is 0 Å². The smallest absolute Gasteiger partial charge is 0.152 e. The average molecular weight is 227 g/mol. The SMILES string of the molecule is Cc1ccc(F)c(N[C@H]2CCC[C@@H]2O)c1F. The van der Waals surface area contributed by atoms with Gasteiger partial charge < -0.3 is 10.4 Å². The van der Waals surface area contributed by atoms with Crippen molar-refractivity contribution in [2.24, 2.45) is 0 Å². The normalized spacial score (nSPS) is 24.8. The summed E-state index contributed by atoms with van der Waals surface area (Å²) in [5.41, 5.74) is 0.280. The maximum atomic E-state index is 13.7. The van der Waals surface area contributed by atoms with E-state index in [2.05, 4.69) is 5.32 Å². The van der Waals surface area contributed by atoms with Crippen LogP contribution in [0.1, 0.15) is 24.8 Å². The van der Waals surface area contributed by atoms with Crippen LogP contribution in [0, 0.1) is 18.6 Å². The molecule has 88 valence electrons. The standard InChI is InChI=1S/C12H15F2NO/c1-7-5-6-8(13)12(11(7)14)15-9-3-2-4-10(9)16/h5-6,9-10,15-16H,2-4H2,1H3/t9-,10-/m0/s1. The Kier molecular flexibility index (Phi) is 3.10. The summed E-state index contributed by atoms with van der Waals surface area (Å²) >= 11 is 0. The minimum atomic E-state index is -0.609. The second-order valence-electron chi connectivity index (χ2n) is 4.30. The lowest BCUT2D eigenvalue weighted by molar-refractivity contribution is 0.171. The molecular formula is C12H15F2NO. The molecule has 0 unspecified atom stereocenters. The van der Waals surface area contributed by atoms with Crippen molar-refractivity contribution in [3.05, 3.63) is 29.3 Å². The second kappa shape index (κ2) is 4.37. The topological polar surface area (TPSA) is 32.3 Å². The van der Waals surface area contributed by atoms with Gasteiger partial charge in [-0.25, -0.2) is 8.78 Å². The van der Waals surface area contributed by atoms with Crippen LogP contribution in [0.5, 0.6) is 0 Å². The quantitative estimate of drug-likeness (QED) is 0.814. The molecule has 1 saturated carbocycles. The Labute approximate surface area is 93.3 Å². The number of benzene rings is 1. The zero-order valence-corrected chi connectivity index (χ0v) is 9.13. The molecule has 1 aromatic rings. The monoisotopic (exact) mass is 227 g/mol. The van der Waals surface area contributed by atoms with Crippen molar-refractivity contribution >= 4 is 5.69 Å². The van der Waals surface area contributed by atoms with Crippen molar-refractivity contribution in [2.75, 3.05) is 5.32 Å². The van der Waals surface area contributed by atoms with Gasteiger partial charge in [-0.15, -0.1) is 0 Å². The summed E-state index contributed by atoms with van der Waals surface area (Å²) in [4.78, 5) is 0. The molecule has 0 spiro atoms. The van der Waals surface area contributed by atoms with Crippen LogP contribution in [0.4, 0.5) is 14.5 Å². The lowest BCUT2D eigenvalue weighted by Gasteiger charge is -2.19. The van der Waals surface area contributed by atoms with E-state index in [-0.39, 0.29) is 11.7 Å². The first-order valence-electron chi connectivity index (χ1n) is 5.49. The Morgan fingerprint density at radius 2 is 2.06 bits per heavy atom. The van der Waals surface area contributed by atoms with Crippen LogP contribution in [0.25, 0.3) is 0 Å². The van der Waals surface area contributed by atoms with Gasteiger partial charge in [0, 0.05) is 0 Å². The van der Waals surface area contributed by atoms with E-state index >= 15 is 0 Å². The highest BCUT2D eigenvalue weighted by molar-refractivity contribution is 5.50. The van der Waals surface area contributed by atoms with Crippen molar-refractivity contribution in [1.82, 2.24) is 0 Å². The van der Waals surface area contributed by atoms with Gasteiger partial charge in [-0.2, -0.15) is 0 Å². The number of aliphatic hydroxyl groups excluding tert-OH is 1. The summed E-state index contributed by atoms with van der Waals surface area (Å²) in [6.45, 7) is 1.59. The van der Waals surface area contributed by atoms with Gasteiger partial charge in [0.2, 0.25) is 0 Å². The molecule has 0 radical (unpaired) electrons. The Bertz CT molecular complexity index is 395. The van der Waals surface area contributed by atoms with E-state index in [1.807, 2.05) is 0 Å². The van der Waals surface area contributed by atoms with Crippen LogP contribution >= 0.6 is 0 Å². The third-order valence-corrected chi connectivity index (χ3v) is 3.09. The Hall–Kier alpha value is -1.16. The lowest BCUT2D eigenvalue weighted by atomic mass is 10.1. The van der Waals surface area contributed by atoms with Gasteiger partial charge in [-0.05, 0) is 37.8 Å². The van der Waals surface area contributed by atoms with E-state index in [4.69, 9.17) is 0 Å². The van der Waals surface area contributed by atoms with Gasteiger partial charge in [0.1, 0.15) is 11.5 Å². The number of halogens is 2. The lowest BCUT2D eigenvalue weighted by Crippen LogP contribution is -2.29. The van der Waals surface area contributed by atoms with E-state index in [9.17, 15) is 13.9 Å². The van der Waals surface area contributed by atoms with E-state index in [0.717, 1.165) is 12.8 Å². The fraction of sp³-hybridized carbons (Fsp3) is 0.500. The van der Waals surface area contributed by atoms with Crippen LogP contribution in [-0.4, -0.2) is 17.3 Å². The largest absolute Gasteiger partial charge is 0.391 e. The maximum Gasteiger partial charge on any atom is 0.152 e. The number of aliphatic hydroxyl groups is 1. The summed E-state index contributed by atoms with van der Waals surface area (Å²) in [6.07, 6.45) is 1.80. The number of nitrogens with one attached hydrogen (secondary N) is 1. The predicted molar refractivity (Wildman–Crippen MR) is 58.4 cm³/mol. The van der Waals surface area contributed by atoms with Crippen LogP contribution in [0.2, 0.25) is 0 Å². The second-order valence-corrected chi connectivity index (χ2v) is 4.30. The molecular weight excluding hydrogens is 212 g/mol. The molecule has 1 fully saturated rings. The van der Waals surface area contributed by atoms with Crippen molar-refractivity contribution in [2.45, 2.75) is 38.3 Å². The highest BCUT2D eigenvalue weighted by atomic mass is 19.1. The zero-order chi connectivity index (χ0) is 11.7. The van der Waals surface area contributed by atoms with Gasteiger partial charge in [-0.3, -0.25) is 0 Å². The zero-order valence-electron chi connectivity index (χ0n) is 9.13. The van der Waals surface area contributed by atoms with Gasteiger partial charge in [0.05, 0.1) is 12.1 Å². The number of anilines is 1. The first-order valence-corrected chi connectivity index (χ1v) is 5.49. The molecule has 1 aromatic carbocycles.